The fourth-order valence-electron chi connectivity index (χ4n) is 1.41. The maximum absolute atomic E-state index is 5.69. The Morgan fingerprint density at radius 1 is 1.44 bits per heavy atom. The number of likely N-dealkylation sites (N-methyl/N-ethyl adjacent to an activating group) is 1. The maximum atomic E-state index is 5.69. The topological polar surface area (TPSA) is 51.4 Å². The molecule has 5 heteroatoms. The molecule has 0 saturated heterocycles. The predicted molar refractivity (Wildman–Crippen MR) is 69.1 cm³/mol. The van der Waals surface area contributed by atoms with Gasteiger partial charge in [0.25, 0.3) is 0 Å². The van der Waals surface area contributed by atoms with Gasteiger partial charge in [0.1, 0.15) is 0 Å². The number of aromatic nitrogens is 1. The Hall–Kier alpha value is -0.650. The van der Waals surface area contributed by atoms with E-state index < -0.39 is 0 Å². The molecule has 0 fully saturated rings. The second kappa shape index (κ2) is 6.83. The molecule has 0 amide bonds. The Morgan fingerprint density at radius 3 is 2.69 bits per heavy atom. The minimum absolute atomic E-state index is 0.583. The highest BCUT2D eigenvalue weighted by Crippen LogP contribution is 2.25. The number of ether oxygens (including phenoxy) is 1. The lowest BCUT2D eigenvalue weighted by atomic mass is 10.3. The number of nitrogens with two attached hydrogens (primary N) is 1. The van der Waals surface area contributed by atoms with Gasteiger partial charge in [-0.05, 0) is 13.3 Å². The first-order valence-corrected chi connectivity index (χ1v) is 6.52. The highest BCUT2D eigenvalue weighted by atomic mass is 32.1. The molecule has 1 aromatic rings. The molecule has 0 aromatic carbocycles. The van der Waals surface area contributed by atoms with Crippen molar-refractivity contribution < 1.29 is 4.74 Å². The van der Waals surface area contributed by atoms with Gasteiger partial charge in [-0.1, -0.05) is 6.92 Å². The highest BCUT2D eigenvalue weighted by Gasteiger charge is 2.11. The number of nitrogens with zero attached hydrogens (tertiary/aromatic N) is 2. The van der Waals surface area contributed by atoms with Crippen LogP contribution in [0.2, 0.25) is 0 Å². The summed E-state index contributed by atoms with van der Waals surface area (Å²) < 4.78 is 5.33. The summed E-state index contributed by atoms with van der Waals surface area (Å²) >= 11 is 1.68. The zero-order valence-corrected chi connectivity index (χ0v) is 11.1. The number of thiazole rings is 1. The van der Waals surface area contributed by atoms with Crippen LogP contribution in [0.15, 0.2) is 0 Å². The van der Waals surface area contributed by atoms with Crippen molar-refractivity contribution in [2.45, 2.75) is 26.8 Å². The summed E-state index contributed by atoms with van der Waals surface area (Å²) in [7, 11) is 2.04. The summed E-state index contributed by atoms with van der Waals surface area (Å²) in [6.07, 6.45) is 0.947. The zero-order chi connectivity index (χ0) is 12.0. The summed E-state index contributed by atoms with van der Waals surface area (Å²) in [4.78, 5) is 7.91. The van der Waals surface area contributed by atoms with E-state index in [4.69, 9.17) is 10.5 Å². The Bertz CT molecular complexity index is 293. The molecule has 0 aliphatic heterocycles. The van der Waals surface area contributed by atoms with Crippen LogP contribution in [0.4, 0.5) is 5.13 Å². The van der Waals surface area contributed by atoms with Gasteiger partial charge in [0, 0.05) is 31.6 Å². The summed E-state index contributed by atoms with van der Waals surface area (Å²) in [6.45, 7) is 7.07. The van der Waals surface area contributed by atoms with Crippen molar-refractivity contribution >= 4 is 16.5 Å². The molecule has 1 aromatic heterocycles. The quantitative estimate of drug-likeness (QED) is 0.740. The van der Waals surface area contributed by atoms with Crippen LogP contribution in [0.3, 0.4) is 0 Å². The van der Waals surface area contributed by atoms with Gasteiger partial charge in [0.15, 0.2) is 5.13 Å². The molecule has 0 saturated carbocycles. The van der Waals surface area contributed by atoms with E-state index in [2.05, 4.69) is 16.8 Å². The fourth-order valence-corrected chi connectivity index (χ4v) is 2.42. The van der Waals surface area contributed by atoms with Crippen LogP contribution in [0.1, 0.15) is 24.4 Å². The van der Waals surface area contributed by atoms with Gasteiger partial charge in [-0.2, -0.15) is 0 Å². The van der Waals surface area contributed by atoms with Crippen LogP contribution in [0.25, 0.3) is 0 Å². The summed E-state index contributed by atoms with van der Waals surface area (Å²) in [5.74, 6) is 0. The van der Waals surface area contributed by atoms with Gasteiger partial charge in [-0.3, -0.25) is 0 Å². The van der Waals surface area contributed by atoms with Crippen LogP contribution in [0, 0.1) is 0 Å². The average Bonchev–Trinajstić information content (AvgIpc) is 2.72. The van der Waals surface area contributed by atoms with Gasteiger partial charge in [0.05, 0.1) is 12.3 Å². The van der Waals surface area contributed by atoms with E-state index >= 15 is 0 Å². The van der Waals surface area contributed by atoms with E-state index in [1.54, 1.807) is 11.3 Å². The van der Waals surface area contributed by atoms with Crippen molar-refractivity contribution in [2.24, 2.45) is 5.73 Å². The third kappa shape index (κ3) is 3.43. The molecule has 0 unspecified atom stereocenters. The molecule has 1 rings (SSSR count). The van der Waals surface area contributed by atoms with E-state index in [0.717, 1.165) is 37.0 Å². The molecule has 2 N–H and O–H groups in total. The molecule has 0 aliphatic carbocycles. The van der Waals surface area contributed by atoms with E-state index in [1.165, 1.54) is 4.88 Å². The molecular weight excluding hydrogens is 222 g/mol. The maximum Gasteiger partial charge on any atom is 0.185 e. The van der Waals surface area contributed by atoms with Gasteiger partial charge >= 0.3 is 0 Å². The monoisotopic (exact) mass is 243 g/mol. The van der Waals surface area contributed by atoms with Crippen molar-refractivity contribution in [3.8, 4) is 0 Å². The zero-order valence-electron chi connectivity index (χ0n) is 10.3. The van der Waals surface area contributed by atoms with Gasteiger partial charge < -0.3 is 15.4 Å². The number of aryl methyl sites for hydroxylation is 1. The number of rotatable bonds is 7. The van der Waals surface area contributed by atoms with Crippen LogP contribution in [-0.2, 0) is 17.7 Å². The molecule has 0 aliphatic rings. The first-order valence-electron chi connectivity index (χ1n) is 5.70. The number of hydrogen-bond donors (Lipinski definition) is 1. The van der Waals surface area contributed by atoms with Crippen molar-refractivity contribution in [1.82, 2.24) is 4.98 Å². The lowest BCUT2D eigenvalue weighted by molar-refractivity contribution is 0.154. The van der Waals surface area contributed by atoms with Gasteiger partial charge in [0.2, 0.25) is 0 Å². The van der Waals surface area contributed by atoms with Crippen LogP contribution < -0.4 is 10.6 Å². The summed E-state index contributed by atoms with van der Waals surface area (Å²) in [5.41, 5.74) is 6.82. The first-order chi connectivity index (χ1) is 7.72. The molecule has 4 nitrogen and oxygen atoms in total. The Morgan fingerprint density at radius 2 is 2.19 bits per heavy atom. The second-order valence-corrected chi connectivity index (χ2v) is 4.60. The van der Waals surface area contributed by atoms with Crippen LogP contribution in [0.5, 0.6) is 0 Å². The lowest BCUT2D eigenvalue weighted by Crippen LogP contribution is -2.22. The molecule has 1 heterocycles. The standard InChI is InChI=1S/C11H21N3OS/c1-4-9-10(8-12)16-11(13-9)14(3)6-7-15-5-2/h4-8,12H2,1-3H3. The molecule has 0 radical (unpaired) electrons. The third-order valence-corrected chi connectivity index (χ3v) is 3.62. The van der Waals surface area contributed by atoms with E-state index in [1.807, 2.05) is 14.0 Å². The van der Waals surface area contributed by atoms with Crippen LogP contribution in [-0.4, -0.2) is 31.8 Å². The Balaban J connectivity index is 2.60. The average molecular weight is 243 g/mol. The molecular formula is C11H21N3OS. The molecule has 16 heavy (non-hydrogen) atoms. The van der Waals surface area contributed by atoms with Crippen molar-refractivity contribution in [3.63, 3.8) is 0 Å². The lowest BCUT2D eigenvalue weighted by Gasteiger charge is -2.14. The minimum atomic E-state index is 0.583. The second-order valence-electron chi connectivity index (χ2n) is 3.54. The highest BCUT2D eigenvalue weighted by molar-refractivity contribution is 7.15. The largest absolute Gasteiger partial charge is 0.380 e. The predicted octanol–water partition coefficient (Wildman–Crippen LogP) is 1.64. The summed E-state index contributed by atoms with van der Waals surface area (Å²) in [6, 6.07) is 0. The van der Waals surface area contributed by atoms with Crippen molar-refractivity contribution in [1.29, 1.82) is 0 Å². The van der Waals surface area contributed by atoms with E-state index in [9.17, 15) is 0 Å². The Labute approximate surface area is 101 Å². The molecule has 0 atom stereocenters. The third-order valence-electron chi connectivity index (χ3n) is 2.39. The van der Waals surface area contributed by atoms with Crippen molar-refractivity contribution in [2.75, 3.05) is 31.7 Å². The van der Waals surface area contributed by atoms with Crippen molar-refractivity contribution in [3.05, 3.63) is 10.6 Å². The SMILES string of the molecule is CCOCCN(C)c1nc(CC)c(CN)s1. The Kier molecular flexibility index (Phi) is 5.73. The first kappa shape index (κ1) is 13.4. The molecule has 0 bridgehead atoms. The van der Waals surface area contributed by atoms with Gasteiger partial charge in [-0.15, -0.1) is 11.3 Å². The van der Waals surface area contributed by atoms with E-state index in [-0.39, 0.29) is 0 Å². The molecule has 92 valence electrons. The normalized spacial score (nSPS) is 10.8. The van der Waals surface area contributed by atoms with Gasteiger partial charge in [-0.25, -0.2) is 4.98 Å². The minimum Gasteiger partial charge on any atom is -0.380 e. The summed E-state index contributed by atoms with van der Waals surface area (Å²) in [5, 5.41) is 1.04. The number of hydrogen-bond acceptors (Lipinski definition) is 5. The van der Waals surface area contributed by atoms with Crippen LogP contribution >= 0.6 is 11.3 Å². The number of anilines is 1. The fraction of sp³-hybridized carbons (Fsp3) is 0.727. The molecule has 0 spiro atoms. The smallest absolute Gasteiger partial charge is 0.185 e. The van der Waals surface area contributed by atoms with E-state index in [0.29, 0.717) is 6.54 Å².